The van der Waals surface area contributed by atoms with Crippen molar-refractivity contribution in [1.82, 2.24) is 4.90 Å². The molecule has 0 atom stereocenters. The molecule has 0 saturated carbocycles. The van der Waals surface area contributed by atoms with Crippen LogP contribution in [-0.4, -0.2) is 75.0 Å². The molecule has 9 heteroatoms. The van der Waals surface area contributed by atoms with Gasteiger partial charge >= 0.3 is 17.9 Å². The van der Waals surface area contributed by atoms with Gasteiger partial charge in [0.05, 0.1) is 26.0 Å². The van der Waals surface area contributed by atoms with E-state index in [2.05, 4.69) is 0 Å². The van der Waals surface area contributed by atoms with E-state index in [1.165, 1.54) is 4.90 Å². The number of aliphatic carboxylic acids is 3. The van der Waals surface area contributed by atoms with Crippen LogP contribution >= 0.6 is 0 Å². The molecule has 0 aromatic rings. The normalized spacial score (nSPS) is 11.5. The number of aliphatic hydroxyl groups is 1. The van der Waals surface area contributed by atoms with Crippen LogP contribution in [0.1, 0.15) is 12.8 Å². The SMILES string of the molecule is NC(CC(=O)O)(CC(=O)O)CN(CCO)CC(=O)O. The topological polar surface area (TPSA) is 161 Å². The summed E-state index contributed by atoms with van der Waals surface area (Å²) in [7, 11) is 0. The van der Waals surface area contributed by atoms with Crippen LogP contribution in [0.25, 0.3) is 0 Å². The highest BCUT2D eigenvalue weighted by atomic mass is 16.4. The van der Waals surface area contributed by atoms with E-state index < -0.39 is 42.8 Å². The number of hydrogen-bond donors (Lipinski definition) is 5. The van der Waals surface area contributed by atoms with Gasteiger partial charge in [-0.15, -0.1) is 0 Å². The number of carboxylic acids is 3. The lowest BCUT2D eigenvalue weighted by atomic mass is 9.91. The van der Waals surface area contributed by atoms with Crippen LogP contribution in [0.15, 0.2) is 0 Å². The van der Waals surface area contributed by atoms with E-state index in [1.807, 2.05) is 0 Å². The Morgan fingerprint density at radius 3 is 1.79 bits per heavy atom. The van der Waals surface area contributed by atoms with Crippen LogP contribution in [0.5, 0.6) is 0 Å². The Morgan fingerprint density at radius 2 is 1.47 bits per heavy atom. The summed E-state index contributed by atoms with van der Waals surface area (Å²) in [4.78, 5) is 33.2. The Morgan fingerprint density at radius 1 is 1.00 bits per heavy atom. The molecule has 19 heavy (non-hydrogen) atoms. The first-order valence-corrected chi connectivity index (χ1v) is 5.46. The highest BCUT2D eigenvalue weighted by molar-refractivity contribution is 5.73. The summed E-state index contributed by atoms with van der Waals surface area (Å²) in [5.41, 5.74) is 4.13. The molecule has 0 bridgehead atoms. The summed E-state index contributed by atoms with van der Waals surface area (Å²) >= 11 is 0. The van der Waals surface area contributed by atoms with Crippen molar-refractivity contribution in [3.63, 3.8) is 0 Å². The summed E-state index contributed by atoms with van der Waals surface area (Å²) in [6.07, 6.45) is -1.22. The highest BCUT2D eigenvalue weighted by Gasteiger charge is 2.33. The minimum absolute atomic E-state index is 0.0372. The molecule has 0 aromatic heterocycles. The Balaban J connectivity index is 4.86. The third-order valence-corrected chi connectivity index (χ3v) is 2.32. The lowest BCUT2D eigenvalue weighted by Gasteiger charge is -2.32. The van der Waals surface area contributed by atoms with Crippen LogP contribution < -0.4 is 5.73 Å². The van der Waals surface area contributed by atoms with Gasteiger partial charge in [0.25, 0.3) is 0 Å². The zero-order chi connectivity index (χ0) is 15.1. The number of carbonyl (C=O) groups is 3. The Kier molecular flexibility index (Phi) is 6.98. The van der Waals surface area contributed by atoms with E-state index >= 15 is 0 Å². The first-order chi connectivity index (χ1) is 8.68. The van der Waals surface area contributed by atoms with Crippen LogP contribution in [0.4, 0.5) is 0 Å². The second-order valence-electron chi connectivity index (χ2n) is 4.33. The molecule has 0 aliphatic carbocycles. The van der Waals surface area contributed by atoms with Gasteiger partial charge in [0.15, 0.2) is 0 Å². The highest BCUT2D eigenvalue weighted by Crippen LogP contribution is 2.14. The summed E-state index contributed by atoms with van der Waals surface area (Å²) in [6, 6.07) is 0. The van der Waals surface area contributed by atoms with Crippen LogP contribution in [0, 0.1) is 0 Å². The number of aliphatic hydroxyl groups excluding tert-OH is 1. The number of nitrogens with zero attached hydrogens (tertiary/aromatic N) is 1. The van der Waals surface area contributed by atoms with Crippen LogP contribution in [0.3, 0.4) is 0 Å². The van der Waals surface area contributed by atoms with Gasteiger partial charge in [-0.05, 0) is 0 Å². The molecule has 0 unspecified atom stereocenters. The number of nitrogens with two attached hydrogens (primary N) is 1. The molecule has 110 valence electrons. The molecular formula is C10H18N2O7. The smallest absolute Gasteiger partial charge is 0.317 e. The Labute approximate surface area is 109 Å². The summed E-state index contributed by atoms with van der Waals surface area (Å²) in [5, 5.41) is 34.9. The van der Waals surface area contributed by atoms with E-state index in [1.54, 1.807) is 0 Å². The van der Waals surface area contributed by atoms with Crippen molar-refractivity contribution in [1.29, 1.82) is 0 Å². The maximum atomic E-state index is 10.7. The molecule has 0 saturated heterocycles. The summed E-state index contributed by atoms with van der Waals surface area (Å²) in [6.45, 7) is -1.09. The van der Waals surface area contributed by atoms with E-state index in [4.69, 9.17) is 26.2 Å². The van der Waals surface area contributed by atoms with E-state index in [0.29, 0.717) is 0 Å². The van der Waals surface area contributed by atoms with Gasteiger partial charge in [-0.1, -0.05) is 0 Å². The molecule has 6 N–H and O–H groups in total. The number of rotatable bonds is 10. The first kappa shape index (κ1) is 17.3. The van der Waals surface area contributed by atoms with Crippen molar-refractivity contribution in [2.24, 2.45) is 5.73 Å². The van der Waals surface area contributed by atoms with Gasteiger partial charge in [0.1, 0.15) is 0 Å². The number of carboxylic acid groups (broad SMARTS) is 3. The summed E-state index contributed by atoms with van der Waals surface area (Å²) < 4.78 is 0. The second-order valence-corrected chi connectivity index (χ2v) is 4.33. The second kappa shape index (κ2) is 7.67. The maximum Gasteiger partial charge on any atom is 0.317 e. The zero-order valence-electron chi connectivity index (χ0n) is 10.3. The number of hydrogen-bond acceptors (Lipinski definition) is 6. The van der Waals surface area contributed by atoms with Crippen molar-refractivity contribution in [3.8, 4) is 0 Å². The fourth-order valence-electron chi connectivity index (χ4n) is 1.77. The molecule has 0 radical (unpaired) electrons. The molecule has 0 fully saturated rings. The minimum atomic E-state index is -1.59. The molecule has 0 aliphatic heterocycles. The van der Waals surface area contributed by atoms with Gasteiger partial charge in [-0.3, -0.25) is 19.3 Å². The van der Waals surface area contributed by atoms with Crippen molar-refractivity contribution in [2.75, 3.05) is 26.2 Å². The van der Waals surface area contributed by atoms with Gasteiger partial charge in [-0.2, -0.15) is 0 Å². The van der Waals surface area contributed by atoms with Gasteiger partial charge < -0.3 is 26.2 Å². The Bertz CT molecular complexity index is 329. The third-order valence-electron chi connectivity index (χ3n) is 2.32. The molecule has 9 nitrogen and oxygen atoms in total. The van der Waals surface area contributed by atoms with E-state index in [9.17, 15) is 14.4 Å². The van der Waals surface area contributed by atoms with Crippen LogP contribution in [0.2, 0.25) is 0 Å². The maximum absolute atomic E-state index is 10.7. The predicted molar refractivity (Wildman–Crippen MR) is 62.6 cm³/mol. The molecule has 0 aromatic carbocycles. The average Bonchev–Trinajstić information content (AvgIpc) is 2.12. The molecular weight excluding hydrogens is 260 g/mol. The van der Waals surface area contributed by atoms with Gasteiger partial charge in [0.2, 0.25) is 0 Å². The quantitative estimate of drug-likeness (QED) is 0.304. The van der Waals surface area contributed by atoms with Crippen molar-refractivity contribution in [3.05, 3.63) is 0 Å². The third kappa shape index (κ3) is 8.08. The Hall–Kier alpha value is -1.71. The lowest BCUT2D eigenvalue weighted by Crippen LogP contribution is -2.54. The zero-order valence-corrected chi connectivity index (χ0v) is 10.3. The van der Waals surface area contributed by atoms with Gasteiger partial charge in [-0.25, -0.2) is 0 Å². The van der Waals surface area contributed by atoms with E-state index in [-0.39, 0.29) is 19.7 Å². The summed E-state index contributed by atoms with van der Waals surface area (Å²) in [5.74, 6) is -3.73. The minimum Gasteiger partial charge on any atom is -0.481 e. The lowest BCUT2D eigenvalue weighted by molar-refractivity contribution is -0.141. The fraction of sp³-hybridized carbons (Fsp3) is 0.700. The fourth-order valence-corrected chi connectivity index (χ4v) is 1.77. The largest absolute Gasteiger partial charge is 0.481 e. The first-order valence-electron chi connectivity index (χ1n) is 5.46. The molecule has 0 aliphatic rings. The van der Waals surface area contributed by atoms with Crippen LogP contribution in [-0.2, 0) is 14.4 Å². The monoisotopic (exact) mass is 278 g/mol. The van der Waals surface area contributed by atoms with E-state index in [0.717, 1.165) is 0 Å². The van der Waals surface area contributed by atoms with Crippen molar-refractivity contribution >= 4 is 17.9 Å². The standard InChI is InChI=1S/C10H18N2O7/c11-10(3-7(14)15,4-8(16)17)6-12(1-2-13)5-9(18)19/h13H,1-6,11H2,(H,14,15)(H,16,17)(H,18,19). The molecule has 0 spiro atoms. The average molecular weight is 278 g/mol. The van der Waals surface area contributed by atoms with Gasteiger partial charge in [0, 0.05) is 18.6 Å². The van der Waals surface area contributed by atoms with Crippen molar-refractivity contribution in [2.45, 2.75) is 18.4 Å². The molecule has 0 amide bonds. The molecule has 0 heterocycles. The van der Waals surface area contributed by atoms with Crippen molar-refractivity contribution < 1.29 is 34.8 Å². The molecule has 0 rings (SSSR count). The predicted octanol–water partition coefficient (Wildman–Crippen LogP) is -1.99.